The summed E-state index contributed by atoms with van der Waals surface area (Å²) in [6, 6.07) is 31.8. The summed E-state index contributed by atoms with van der Waals surface area (Å²) in [4.78, 5) is 55.2. The third kappa shape index (κ3) is 20.6. The molecule has 0 fully saturated rings. The summed E-state index contributed by atoms with van der Waals surface area (Å²) < 4.78 is 107. The molecular formula is C47H48CuN15Na3O15S4-2. The Bertz CT molecular complexity index is 3840. The molecule has 38 heteroatoms. The molecule has 6 N–H and O–H groups in total. The molecule has 4 aromatic heterocycles. The Hall–Kier alpha value is -4.35. The largest absolute Gasteiger partial charge is 1.00 e. The number of aliphatic hydroxyl groups excluding tert-OH is 4. The van der Waals surface area contributed by atoms with Gasteiger partial charge in [0, 0.05) is 107 Å². The summed E-state index contributed by atoms with van der Waals surface area (Å²) in [6.07, 6.45) is 1.66. The summed E-state index contributed by atoms with van der Waals surface area (Å²) in [5.41, 5.74) is 5.78. The molecule has 8 bridgehead atoms. The molecule has 30 nitrogen and oxygen atoms in total. The van der Waals surface area contributed by atoms with Gasteiger partial charge in [-0.2, -0.15) is 15.0 Å². The Balaban J connectivity index is 0.000000369. The molecule has 85 heavy (non-hydrogen) atoms. The van der Waals surface area contributed by atoms with Gasteiger partial charge in [-0.25, -0.2) is 48.4 Å². The molecule has 2 aliphatic rings. The zero-order valence-corrected chi connectivity index (χ0v) is 56.0. The minimum absolute atomic E-state index is 0. The Morgan fingerprint density at radius 2 is 0.706 bits per heavy atom. The molecule has 2 aliphatic heterocycles. The molecule has 441 valence electrons. The van der Waals surface area contributed by atoms with E-state index in [4.69, 9.17) is 52.8 Å². The summed E-state index contributed by atoms with van der Waals surface area (Å²) in [5.74, 6) is 2.73. The van der Waals surface area contributed by atoms with Crippen LogP contribution in [0.4, 0.5) is 17.8 Å². The van der Waals surface area contributed by atoms with Gasteiger partial charge in [-0.3, -0.25) is 0 Å². The maximum absolute atomic E-state index is 11.1. The Labute approximate surface area is 563 Å². The van der Waals surface area contributed by atoms with Crippen LogP contribution in [0.2, 0.25) is 0 Å². The van der Waals surface area contributed by atoms with Gasteiger partial charge in [0.2, 0.25) is 27.9 Å². The fraction of sp³-hybridized carbons (Fsp3) is 0.255. The van der Waals surface area contributed by atoms with Gasteiger partial charge in [-0.15, -0.1) is 0 Å². The number of nitrogens with one attached hydrogen (secondary N) is 2. The van der Waals surface area contributed by atoms with Crippen molar-refractivity contribution in [3.63, 3.8) is 0 Å². The van der Waals surface area contributed by atoms with Crippen LogP contribution in [0.5, 0.6) is 0 Å². The first kappa shape index (κ1) is 74.9. The molecule has 10 rings (SSSR count). The van der Waals surface area contributed by atoms with Gasteiger partial charge < -0.3 is 79.1 Å². The third-order valence-corrected chi connectivity index (χ3v) is 13.7. The van der Waals surface area contributed by atoms with Gasteiger partial charge in [0.15, 0.2) is 18.3 Å². The number of sulfonamides is 1. The van der Waals surface area contributed by atoms with Crippen molar-refractivity contribution in [3.05, 3.63) is 97.1 Å². The van der Waals surface area contributed by atoms with E-state index in [-0.39, 0.29) is 189 Å². The standard InChI is InChI=1S/C32H16N8.C14H29N7O6S.CH4O3S.Cu.3Na.H2O6S2/c1-2-10-18-17(9-1)25-33-26(18)38-28-21-13-5-6-14-22(21)30(35-28)40-32-24-16-8-7-15-23(24)31(36-32)39-29-20-12-4-3-11-19(20)27(34-29)37-25;1-28(26,27)16-3-2-15-12-17-13(20(4-8-22)5-9-23)19-14(18-12)21(6-10-24)7-11-25;1-5(2,3)4;;;;;1-7(2,3)8(4,5)6/h1-16H;16,22-25H,2-11H2,1H3,(H,15,17,18,19);1H3,(H,2,3,4);;;;;(H,1,2,3)(H,4,5,6)/q-2;;;;3*+1;/p-3. The SMILES string of the molecule is CS(=O)(=O)NCCNc1nc(N(CCO)CCO)nc(N(CCO)CCO)n1.CS(=O)(=O)[O-].O=S(=O)([O-])S(=O)(=O)[O-].[Cu].[Na+].[Na+].[Na+].c1ccc2c(c1)-c1nc-2nc2[n-]c(nc3nc(nc4[n-]c(n1)c1ccccc41)-c1ccccc1-3)c1ccccc21. The van der Waals surface area contributed by atoms with Crippen LogP contribution in [0.15, 0.2) is 97.1 Å². The van der Waals surface area contributed by atoms with Crippen LogP contribution < -0.4 is 118 Å². The van der Waals surface area contributed by atoms with Crippen molar-refractivity contribution in [2.24, 2.45) is 0 Å². The van der Waals surface area contributed by atoms with Crippen molar-refractivity contribution < 1.29 is 173 Å². The van der Waals surface area contributed by atoms with E-state index in [0.29, 0.717) is 52.1 Å². The first-order valence-corrected chi connectivity index (χ1v) is 30.7. The Morgan fingerprint density at radius 3 is 0.953 bits per heavy atom. The third-order valence-electron chi connectivity index (χ3n) is 11.0. The summed E-state index contributed by atoms with van der Waals surface area (Å²) >= 11 is 0. The minimum atomic E-state index is -5.67. The maximum Gasteiger partial charge on any atom is 1.00 e. The number of fused-ring (bicyclic) bond motifs is 20. The molecule has 0 amide bonds. The van der Waals surface area contributed by atoms with Crippen molar-refractivity contribution in [3.8, 4) is 45.6 Å². The van der Waals surface area contributed by atoms with Gasteiger partial charge in [0.05, 0.1) is 66.1 Å². The second kappa shape index (κ2) is 33.3. The van der Waals surface area contributed by atoms with Gasteiger partial charge in [-0.05, 0) is 21.5 Å². The molecule has 0 spiro atoms. The summed E-state index contributed by atoms with van der Waals surface area (Å²) in [6.45, 7) is 0.311. The van der Waals surface area contributed by atoms with Gasteiger partial charge >= 0.3 is 88.7 Å². The van der Waals surface area contributed by atoms with E-state index in [0.717, 1.165) is 50.1 Å². The second-order valence-corrected chi connectivity index (χ2v) is 24.2. The fourth-order valence-electron chi connectivity index (χ4n) is 7.69. The zero-order valence-electron chi connectivity index (χ0n) is 45.8. The molecule has 0 saturated heterocycles. The molecule has 4 aromatic carbocycles. The van der Waals surface area contributed by atoms with Crippen LogP contribution in [0.1, 0.15) is 0 Å². The van der Waals surface area contributed by atoms with Crippen molar-refractivity contribution in [2.45, 2.75) is 0 Å². The molecule has 6 heterocycles. The van der Waals surface area contributed by atoms with Crippen molar-refractivity contribution in [2.75, 3.05) is 93.3 Å². The normalized spacial score (nSPS) is 11.4. The number of aliphatic hydroxyl groups is 4. The quantitative estimate of drug-likeness (QED) is 0.0226. The van der Waals surface area contributed by atoms with Crippen LogP contribution in [0, 0.1) is 0 Å². The molecule has 0 atom stereocenters. The van der Waals surface area contributed by atoms with Crippen LogP contribution in [0.25, 0.3) is 89.7 Å². The molecule has 1 radical (unpaired) electrons. The number of hydrogen-bond donors (Lipinski definition) is 6. The molecule has 8 aromatic rings. The van der Waals surface area contributed by atoms with Gasteiger partial charge in [-0.1, -0.05) is 97.1 Å². The topological polar surface area (TPSA) is 461 Å². The Morgan fingerprint density at radius 1 is 0.435 bits per heavy atom. The fourth-order valence-corrected chi connectivity index (χ4v) is 8.16. The van der Waals surface area contributed by atoms with E-state index in [1.807, 2.05) is 97.1 Å². The molecular weight excluding hydrogens is 1280 g/mol. The van der Waals surface area contributed by atoms with Crippen LogP contribution in [-0.2, 0) is 55.5 Å². The predicted molar refractivity (Wildman–Crippen MR) is 293 cm³/mol. The number of nitrogens with zero attached hydrogens (tertiary/aromatic N) is 13. The minimum Gasteiger partial charge on any atom is -0.748 e. The second-order valence-electron chi connectivity index (χ2n) is 16.9. The van der Waals surface area contributed by atoms with Gasteiger partial charge in [0.1, 0.15) is 0 Å². The molecule has 0 unspecified atom stereocenters. The first-order chi connectivity index (χ1) is 38.4. The molecule has 0 aliphatic carbocycles. The van der Waals surface area contributed by atoms with Crippen molar-refractivity contribution in [1.29, 1.82) is 0 Å². The number of aromatic nitrogens is 11. The predicted octanol–water partition coefficient (Wildman–Crippen LogP) is -9.30. The number of benzene rings is 4. The van der Waals surface area contributed by atoms with Crippen LogP contribution >= 0.6 is 0 Å². The smallest absolute Gasteiger partial charge is 0.748 e. The average Bonchev–Trinajstić information content (AvgIpc) is 1.79. The van der Waals surface area contributed by atoms with E-state index < -0.39 is 38.4 Å². The average molecular weight is 1320 g/mol. The Kier molecular flexibility index (Phi) is 29.3. The summed E-state index contributed by atoms with van der Waals surface area (Å²) in [5, 5.41) is 43.4. The van der Waals surface area contributed by atoms with E-state index in [1.54, 1.807) is 9.80 Å². The van der Waals surface area contributed by atoms with Crippen LogP contribution in [-0.4, -0.2) is 191 Å². The van der Waals surface area contributed by atoms with Crippen LogP contribution in [0.3, 0.4) is 0 Å². The number of anilines is 3. The maximum atomic E-state index is 11.1. The van der Waals surface area contributed by atoms with Crippen molar-refractivity contribution >= 4 is 100 Å². The first-order valence-electron chi connectivity index (χ1n) is 23.7. The monoisotopic (exact) mass is 1320 g/mol. The van der Waals surface area contributed by atoms with E-state index in [2.05, 4.69) is 25.0 Å². The van der Waals surface area contributed by atoms with Crippen molar-refractivity contribution in [1.82, 2.24) is 59.5 Å². The number of hydrogen-bond acceptors (Lipinski definition) is 27. The van der Waals surface area contributed by atoms with E-state index >= 15 is 0 Å². The summed E-state index contributed by atoms with van der Waals surface area (Å²) in [7, 11) is -18.6. The molecule has 0 saturated carbocycles. The zero-order chi connectivity index (χ0) is 58.7. The van der Waals surface area contributed by atoms with Gasteiger partial charge in [0.25, 0.3) is 0 Å². The number of rotatable bonds is 16. The van der Waals surface area contributed by atoms with E-state index in [1.165, 1.54) is 0 Å². The van der Waals surface area contributed by atoms with E-state index in [9.17, 15) is 54.8 Å².